The Morgan fingerprint density at radius 2 is 2.00 bits per heavy atom. The molecule has 0 atom stereocenters. The highest BCUT2D eigenvalue weighted by Crippen LogP contribution is 2.24. The first-order valence-electron chi connectivity index (χ1n) is 3.23. The fourth-order valence-electron chi connectivity index (χ4n) is 0.528. The molecular weight excluding hydrogens is 155 g/mol. The van der Waals surface area contributed by atoms with Crippen LogP contribution < -0.4 is 9.79 Å². The average molecular weight is 166 g/mol. The SMILES string of the molecule is CCCCCOP(=O)([O-])[O-]. The third-order valence-electron chi connectivity index (χ3n) is 0.997. The van der Waals surface area contributed by atoms with Crippen LogP contribution in [-0.2, 0) is 9.09 Å². The summed E-state index contributed by atoms with van der Waals surface area (Å²) < 4.78 is 13.8. The highest BCUT2D eigenvalue weighted by Gasteiger charge is 1.89. The van der Waals surface area contributed by atoms with Gasteiger partial charge in [-0.25, -0.2) is 0 Å². The molecule has 0 aliphatic carbocycles. The molecule has 0 unspecified atom stereocenters. The summed E-state index contributed by atoms with van der Waals surface area (Å²) in [7, 11) is -4.71. The highest BCUT2D eigenvalue weighted by molar-refractivity contribution is 7.43. The van der Waals surface area contributed by atoms with Gasteiger partial charge in [0.25, 0.3) is 0 Å². The van der Waals surface area contributed by atoms with Crippen molar-refractivity contribution >= 4 is 7.82 Å². The lowest BCUT2D eigenvalue weighted by Crippen LogP contribution is -2.16. The zero-order valence-corrected chi connectivity index (χ0v) is 6.80. The van der Waals surface area contributed by atoms with Crippen molar-refractivity contribution in [3.8, 4) is 0 Å². The van der Waals surface area contributed by atoms with Crippen LogP contribution in [-0.4, -0.2) is 6.61 Å². The molecule has 0 aliphatic rings. The second-order valence-electron chi connectivity index (χ2n) is 1.99. The third kappa shape index (κ3) is 8.11. The maximum atomic E-state index is 9.84. The van der Waals surface area contributed by atoms with E-state index in [4.69, 9.17) is 0 Å². The molecule has 0 aromatic rings. The molecule has 0 amide bonds. The van der Waals surface area contributed by atoms with Crippen molar-refractivity contribution in [3.63, 3.8) is 0 Å². The van der Waals surface area contributed by atoms with E-state index >= 15 is 0 Å². The number of rotatable bonds is 5. The Morgan fingerprint density at radius 3 is 2.40 bits per heavy atom. The van der Waals surface area contributed by atoms with Gasteiger partial charge in [0.05, 0.1) is 14.4 Å². The Kier molecular flexibility index (Phi) is 4.91. The van der Waals surface area contributed by atoms with Crippen molar-refractivity contribution in [2.24, 2.45) is 0 Å². The van der Waals surface area contributed by atoms with E-state index in [0.717, 1.165) is 12.8 Å². The van der Waals surface area contributed by atoms with E-state index in [1.807, 2.05) is 6.92 Å². The van der Waals surface area contributed by atoms with Gasteiger partial charge in [-0.2, -0.15) is 0 Å². The zero-order valence-electron chi connectivity index (χ0n) is 5.91. The minimum atomic E-state index is -4.71. The summed E-state index contributed by atoms with van der Waals surface area (Å²) in [6.45, 7) is 2.01. The number of phosphoric ester groups is 1. The molecule has 0 N–H and O–H groups in total. The quantitative estimate of drug-likeness (QED) is 0.426. The third-order valence-corrected chi connectivity index (χ3v) is 1.50. The average Bonchev–Trinajstić information content (AvgIpc) is 1.78. The first-order valence-corrected chi connectivity index (χ1v) is 4.69. The van der Waals surface area contributed by atoms with E-state index in [9.17, 15) is 14.4 Å². The van der Waals surface area contributed by atoms with Gasteiger partial charge in [0.1, 0.15) is 0 Å². The molecule has 0 spiro atoms. The van der Waals surface area contributed by atoms with Crippen LogP contribution in [0.5, 0.6) is 0 Å². The Bertz CT molecular complexity index is 119. The Morgan fingerprint density at radius 1 is 1.40 bits per heavy atom. The molecule has 0 aliphatic heterocycles. The van der Waals surface area contributed by atoms with Crippen LogP contribution in [0, 0.1) is 0 Å². The standard InChI is InChI=1S/C5H13O4P/c1-2-3-4-5-9-10(6,7)8/h2-5H2,1H3,(H2,6,7,8)/p-2. The van der Waals surface area contributed by atoms with Gasteiger partial charge in [0.15, 0.2) is 0 Å². The fourth-order valence-corrected chi connectivity index (χ4v) is 0.881. The molecule has 0 radical (unpaired) electrons. The van der Waals surface area contributed by atoms with Crippen LogP contribution in [0.1, 0.15) is 26.2 Å². The molecule has 5 heteroatoms. The molecule has 62 valence electrons. The van der Waals surface area contributed by atoms with E-state index in [1.165, 1.54) is 0 Å². The molecular formula is C5H11O4P-2. The lowest BCUT2D eigenvalue weighted by molar-refractivity contribution is -0.341. The van der Waals surface area contributed by atoms with Crippen LogP contribution >= 0.6 is 7.82 Å². The summed E-state index contributed by atoms with van der Waals surface area (Å²) in [5, 5.41) is 0. The summed E-state index contributed by atoms with van der Waals surface area (Å²) in [4.78, 5) is 19.7. The van der Waals surface area contributed by atoms with Crippen molar-refractivity contribution in [2.75, 3.05) is 6.61 Å². The Balaban J connectivity index is 3.13. The lowest BCUT2D eigenvalue weighted by atomic mass is 10.3. The van der Waals surface area contributed by atoms with E-state index < -0.39 is 7.82 Å². The molecule has 0 rings (SSSR count). The normalized spacial score (nSPS) is 11.9. The molecule has 10 heavy (non-hydrogen) atoms. The largest absolute Gasteiger partial charge is 0.790 e. The predicted octanol–water partition coefficient (Wildman–Crippen LogP) is 0.0219. The smallest absolute Gasteiger partial charge is 0.0596 e. The van der Waals surface area contributed by atoms with Crippen molar-refractivity contribution < 1.29 is 18.9 Å². The molecule has 0 saturated heterocycles. The maximum Gasteiger partial charge on any atom is 0.0596 e. The topological polar surface area (TPSA) is 72.4 Å². The minimum absolute atomic E-state index is 0.0259. The summed E-state index contributed by atoms with van der Waals surface area (Å²) >= 11 is 0. The summed E-state index contributed by atoms with van der Waals surface area (Å²) in [6, 6.07) is 0. The van der Waals surface area contributed by atoms with Crippen LogP contribution in [0.2, 0.25) is 0 Å². The monoisotopic (exact) mass is 166 g/mol. The fraction of sp³-hybridized carbons (Fsp3) is 1.00. The van der Waals surface area contributed by atoms with E-state index in [-0.39, 0.29) is 6.61 Å². The predicted molar refractivity (Wildman–Crippen MR) is 33.1 cm³/mol. The van der Waals surface area contributed by atoms with E-state index in [2.05, 4.69) is 4.52 Å². The highest BCUT2D eigenvalue weighted by atomic mass is 31.2. The van der Waals surface area contributed by atoms with Gasteiger partial charge >= 0.3 is 0 Å². The van der Waals surface area contributed by atoms with Crippen LogP contribution in [0.15, 0.2) is 0 Å². The number of hydrogen-bond acceptors (Lipinski definition) is 4. The number of hydrogen-bond donors (Lipinski definition) is 0. The number of phosphoric acid groups is 1. The number of unbranched alkanes of at least 4 members (excludes halogenated alkanes) is 2. The minimum Gasteiger partial charge on any atom is -0.790 e. The van der Waals surface area contributed by atoms with Gasteiger partial charge in [-0.05, 0) is 6.42 Å². The first-order chi connectivity index (χ1) is 4.56. The molecule has 0 bridgehead atoms. The summed E-state index contributed by atoms with van der Waals surface area (Å²) in [6.07, 6.45) is 2.50. The molecule has 0 aromatic carbocycles. The molecule has 4 nitrogen and oxygen atoms in total. The summed E-state index contributed by atoms with van der Waals surface area (Å²) in [5.74, 6) is 0. The van der Waals surface area contributed by atoms with Gasteiger partial charge < -0.3 is 18.9 Å². The maximum absolute atomic E-state index is 9.84. The molecule has 0 aromatic heterocycles. The van der Waals surface area contributed by atoms with Crippen molar-refractivity contribution in [1.82, 2.24) is 0 Å². The zero-order chi connectivity index (χ0) is 8.04. The Hall–Kier alpha value is 0.110. The first kappa shape index (κ1) is 10.1. The van der Waals surface area contributed by atoms with E-state index in [0.29, 0.717) is 6.42 Å². The van der Waals surface area contributed by atoms with Gasteiger partial charge in [-0.1, -0.05) is 19.8 Å². The van der Waals surface area contributed by atoms with Crippen molar-refractivity contribution in [2.45, 2.75) is 26.2 Å². The van der Waals surface area contributed by atoms with Crippen LogP contribution in [0.4, 0.5) is 0 Å². The van der Waals surface area contributed by atoms with Gasteiger partial charge in [0, 0.05) is 0 Å². The van der Waals surface area contributed by atoms with Crippen molar-refractivity contribution in [3.05, 3.63) is 0 Å². The van der Waals surface area contributed by atoms with E-state index in [1.54, 1.807) is 0 Å². The van der Waals surface area contributed by atoms with Gasteiger partial charge in [0.2, 0.25) is 0 Å². The molecule has 0 saturated carbocycles. The second-order valence-corrected chi connectivity index (χ2v) is 3.14. The second kappa shape index (κ2) is 4.85. The van der Waals surface area contributed by atoms with Crippen LogP contribution in [0.3, 0.4) is 0 Å². The lowest BCUT2D eigenvalue weighted by Gasteiger charge is -2.28. The van der Waals surface area contributed by atoms with Gasteiger partial charge in [-0.3, -0.25) is 0 Å². The molecule has 0 heterocycles. The van der Waals surface area contributed by atoms with Crippen molar-refractivity contribution in [1.29, 1.82) is 0 Å². The Labute approximate surface area is 60.5 Å². The van der Waals surface area contributed by atoms with Gasteiger partial charge in [-0.15, -0.1) is 0 Å². The molecule has 0 fully saturated rings. The summed E-state index contributed by atoms with van der Waals surface area (Å²) in [5.41, 5.74) is 0. The van der Waals surface area contributed by atoms with Crippen LogP contribution in [0.25, 0.3) is 0 Å².